The molecule has 1 amide bonds. The maximum absolute atomic E-state index is 11.6. The molecule has 142 valence electrons. The topological polar surface area (TPSA) is 93.5 Å². The van der Waals surface area contributed by atoms with Gasteiger partial charge in [0.2, 0.25) is 5.91 Å². The van der Waals surface area contributed by atoms with Crippen LogP contribution < -0.4 is 16.8 Å². The molecule has 5 nitrogen and oxygen atoms in total. The standard InChI is InChI=1S/C19H40N4O/c1-2-3-4-5-6-7-8-9-10-11-12-13-14-15-18(24)22-16-17-23-19(20)21/h2-17H2,1H3,(H,22,24)(H4,20,21,23). The van der Waals surface area contributed by atoms with E-state index < -0.39 is 0 Å². The van der Waals surface area contributed by atoms with Crippen LogP contribution in [0.15, 0.2) is 4.99 Å². The van der Waals surface area contributed by atoms with E-state index in [0.717, 1.165) is 12.8 Å². The summed E-state index contributed by atoms with van der Waals surface area (Å²) in [6, 6.07) is 0. The van der Waals surface area contributed by atoms with Gasteiger partial charge in [0.15, 0.2) is 5.96 Å². The van der Waals surface area contributed by atoms with Gasteiger partial charge in [-0.05, 0) is 6.42 Å². The number of guanidine groups is 1. The van der Waals surface area contributed by atoms with E-state index in [1.54, 1.807) is 0 Å². The Labute approximate surface area is 149 Å². The number of nitrogens with zero attached hydrogens (tertiary/aromatic N) is 1. The van der Waals surface area contributed by atoms with Crippen LogP contribution in [0.3, 0.4) is 0 Å². The summed E-state index contributed by atoms with van der Waals surface area (Å²) in [4.78, 5) is 15.4. The van der Waals surface area contributed by atoms with Gasteiger partial charge in [-0.25, -0.2) is 0 Å². The van der Waals surface area contributed by atoms with Crippen LogP contribution in [-0.4, -0.2) is 25.0 Å². The third-order valence-corrected chi connectivity index (χ3v) is 4.24. The number of carbonyl (C=O) groups excluding carboxylic acids is 1. The molecule has 0 rings (SSSR count). The fourth-order valence-corrected chi connectivity index (χ4v) is 2.77. The number of rotatable bonds is 17. The molecule has 0 aromatic heterocycles. The summed E-state index contributed by atoms with van der Waals surface area (Å²) in [5, 5.41) is 2.82. The number of unbranched alkanes of at least 4 members (excludes halogenated alkanes) is 12. The van der Waals surface area contributed by atoms with Crippen molar-refractivity contribution in [3.8, 4) is 0 Å². The lowest BCUT2D eigenvalue weighted by Crippen LogP contribution is -2.28. The molecule has 0 heterocycles. The lowest BCUT2D eigenvalue weighted by atomic mass is 10.0. The molecule has 0 bridgehead atoms. The molecule has 0 atom stereocenters. The smallest absolute Gasteiger partial charge is 0.220 e. The van der Waals surface area contributed by atoms with E-state index in [-0.39, 0.29) is 11.9 Å². The van der Waals surface area contributed by atoms with Gasteiger partial charge in [-0.1, -0.05) is 84.0 Å². The maximum Gasteiger partial charge on any atom is 0.220 e. The van der Waals surface area contributed by atoms with Gasteiger partial charge >= 0.3 is 0 Å². The summed E-state index contributed by atoms with van der Waals surface area (Å²) in [6.07, 6.45) is 17.8. The minimum atomic E-state index is 0.0701. The second kappa shape index (κ2) is 18.1. The Hall–Kier alpha value is -1.26. The van der Waals surface area contributed by atoms with Gasteiger partial charge in [-0.15, -0.1) is 0 Å². The quantitative estimate of drug-likeness (QED) is 0.213. The Morgan fingerprint density at radius 3 is 1.71 bits per heavy atom. The van der Waals surface area contributed by atoms with Crippen molar-refractivity contribution in [1.29, 1.82) is 0 Å². The van der Waals surface area contributed by atoms with Crippen LogP contribution in [0.1, 0.15) is 96.8 Å². The first-order valence-electron chi connectivity index (χ1n) is 9.99. The molecule has 0 aliphatic heterocycles. The number of nitrogens with one attached hydrogen (secondary N) is 1. The highest BCUT2D eigenvalue weighted by Crippen LogP contribution is 2.12. The second-order valence-corrected chi connectivity index (χ2v) is 6.65. The predicted octanol–water partition coefficient (Wildman–Crippen LogP) is 3.86. The first-order valence-corrected chi connectivity index (χ1v) is 9.99. The minimum Gasteiger partial charge on any atom is -0.370 e. The lowest BCUT2D eigenvalue weighted by molar-refractivity contribution is -0.121. The average Bonchev–Trinajstić information content (AvgIpc) is 2.55. The molecule has 0 aromatic carbocycles. The van der Waals surface area contributed by atoms with Crippen LogP contribution in [0.4, 0.5) is 0 Å². The number of carbonyl (C=O) groups is 1. The zero-order valence-corrected chi connectivity index (χ0v) is 15.8. The van der Waals surface area contributed by atoms with Crippen molar-refractivity contribution < 1.29 is 4.79 Å². The van der Waals surface area contributed by atoms with E-state index >= 15 is 0 Å². The third-order valence-electron chi connectivity index (χ3n) is 4.24. The molecule has 24 heavy (non-hydrogen) atoms. The summed E-state index contributed by atoms with van der Waals surface area (Å²) in [6.45, 7) is 3.23. The Bertz CT molecular complexity index is 314. The molecule has 0 aliphatic rings. The van der Waals surface area contributed by atoms with Crippen LogP contribution in [0, 0.1) is 0 Å². The lowest BCUT2D eigenvalue weighted by Gasteiger charge is -2.04. The highest BCUT2D eigenvalue weighted by molar-refractivity contribution is 5.76. The van der Waals surface area contributed by atoms with Crippen LogP contribution in [-0.2, 0) is 4.79 Å². The summed E-state index contributed by atoms with van der Waals surface area (Å²) in [5.41, 5.74) is 10.4. The normalized spacial score (nSPS) is 10.5. The van der Waals surface area contributed by atoms with Crippen LogP contribution >= 0.6 is 0 Å². The van der Waals surface area contributed by atoms with Crippen molar-refractivity contribution >= 4 is 11.9 Å². The van der Waals surface area contributed by atoms with Gasteiger partial charge in [0.1, 0.15) is 0 Å². The maximum atomic E-state index is 11.6. The fraction of sp³-hybridized carbons (Fsp3) is 0.895. The summed E-state index contributed by atoms with van der Waals surface area (Å²) in [5.74, 6) is 0.171. The van der Waals surface area contributed by atoms with Crippen LogP contribution in [0.25, 0.3) is 0 Å². The van der Waals surface area contributed by atoms with Crippen molar-refractivity contribution in [2.24, 2.45) is 16.5 Å². The van der Waals surface area contributed by atoms with Gasteiger partial charge in [0.05, 0.1) is 6.54 Å². The highest BCUT2D eigenvalue weighted by atomic mass is 16.1. The van der Waals surface area contributed by atoms with Crippen molar-refractivity contribution in [3.63, 3.8) is 0 Å². The Morgan fingerprint density at radius 2 is 1.25 bits per heavy atom. The first kappa shape index (κ1) is 22.7. The summed E-state index contributed by atoms with van der Waals surface area (Å²) >= 11 is 0. The molecule has 0 saturated heterocycles. The number of aliphatic imine (C=N–C) groups is 1. The van der Waals surface area contributed by atoms with Crippen molar-refractivity contribution in [2.75, 3.05) is 13.1 Å². The Kier molecular flexibility index (Phi) is 17.1. The van der Waals surface area contributed by atoms with Gasteiger partial charge in [0, 0.05) is 13.0 Å². The van der Waals surface area contributed by atoms with Crippen molar-refractivity contribution in [2.45, 2.75) is 96.8 Å². The third kappa shape index (κ3) is 18.8. The average molecular weight is 341 g/mol. The van der Waals surface area contributed by atoms with E-state index in [0.29, 0.717) is 19.5 Å². The van der Waals surface area contributed by atoms with E-state index in [1.165, 1.54) is 70.6 Å². The molecule has 0 aliphatic carbocycles. The van der Waals surface area contributed by atoms with Gasteiger partial charge < -0.3 is 16.8 Å². The molecule has 5 N–H and O–H groups in total. The SMILES string of the molecule is CCCCCCCCCCCCCCCC(=O)NCCN=C(N)N. The molecule has 0 spiro atoms. The molecular formula is C19H40N4O. The number of nitrogens with two attached hydrogens (primary N) is 2. The monoisotopic (exact) mass is 340 g/mol. The molecular weight excluding hydrogens is 300 g/mol. The molecule has 0 saturated carbocycles. The first-order chi connectivity index (χ1) is 11.7. The Balaban J connectivity index is 3.16. The summed E-state index contributed by atoms with van der Waals surface area (Å²) < 4.78 is 0. The van der Waals surface area contributed by atoms with Crippen molar-refractivity contribution in [3.05, 3.63) is 0 Å². The van der Waals surface area contributed by atoms with E-state index in [2.05, 4.69) is 17.2 Å². The summed E-state index contributed by atoms with van der Waals surface area (Å²) in [7, 11) is 0. The Morgan fingerprint density at radius 1 is 0.792 bits per heavy atom. The van der Waals surface area contributed by atoms with E-state index in [9.17, 15) is 4.79 Å². The van der Waals surface area contributed by atoms with E-state index in [1.807, 2.05) is 0 Å². The number of amides is 1. The molecule has 0 aromatic rings. The van der Waals surface area contributed by atoms with Crippen LogP contribution in [0.2, 0.25) is 0 Å². The molecule has 0 unspecified atom stereocenters. The number of hydrogen-bond acceptors (Lipinski definition) is 2. The largest absolute Gasteiger partial charge is 0.370 e. The minimum absolute atomic E-state index is 0.0701. The second-order valence-electron chi connectivity index (χ2n) is 6.65. The molecule has 0 fully saturated rings. The van der Waals surface area contributed by atoms with Crippen LogP contribution in [0.5, 0.6) is 0 Å². The number of hydrogen-bond donors (Lipinski definition) is 3. The zero-order valence-electron chi connectivity index (χ0n) is 15.8. The predicted molar refractivity (Wildman–Crippen MR) is 104 cm³/mol. The van der Waals surface area contributed by atoms with E-state index in [4.69, 9.17) is 11.5 Å². The molecule has 0 radical (unpaired) electrons. The van der Waals surface area contributed by atoms with Gasteiger partial charge in [-0.2, -0.15) is 0 Å². The fourth-order valence-electron chi connectivity index (χ4n) is 2.77. The highest BCUT2D eigenvalue weighted by Gasteiger charge is 2.00. The van der Waals surface area contributed by atoms with Gasteiger partial charge in [0.25, 0.3) is 0 Å². The van der Waals surface area contributed by atoms with Gasteiger partial charge in [-0.3, -0.25) is 9.79 Å². The van der Waals surface area contributed by atoms with Crippen molar-refractivity contribution in [1.82, 2.24) is 5.32 Å². The zero-order chi connectivity index (χ0) is 17.9. The molecule has 5 heteroatoms.